The Kier molecular flexibility index (Phi) is 11.3. The number of amides is 1. The van der Waals surface area contributed by atoms with Crippen LogP contribution in [0.3, 0.4) is 0 Å². The Morgan fingerprint density at radius 2 is 1.85 bits per heavy atom. The quantitative estimate of drug-likeness (QED) is 0.266. The van der Waals surface area contributed by atoms with E-state index in [0.717, 1.165) is 88.6 Å². The van der Waals surface area contributed by atoms with Gasteiger partial charge < -0.3 is 14.7 Å². The number of carbonyl (C=O) groups excluding carboxylic acids is 1. The highest BCUT2D eigenvalue weighted by molar-refractivity contribution is 5.79. The summed E-state index contributed by atoms with van der Waals surface area (Å²) < 4.78 is 5.72. The van der Waals surface area contributed by atoms with E-state index >= 15 is 0 Å². The summed E-state index contributed by atoms with van der Waals surface area (Å²) in [5.41, 5.74) is 3.67. The first kappa shape index (κ1) is 30.4. The number of aliphatic carboxylic acids is 1. The largest absolute Gasteiger partial charge is 0.493 e. The molecule has 4 atom stereocenters. The van der Waals surface area contributed by atoms with E-state index < -0.39 is 11.9 Å². The Labute approximate surface area is 241 Å². The zero-order chi connectivity index (χ0) is 28.5. The van der Waals surface area contributed by atoms with Gasteiger partial charge in [0.25, 0.3) is 0 Å². The number of hydrogen-bond donors (Lipinski definition) is 1. The topological polar surface area (TPSA) is 70.1 Å². The van der Waals surface area contributed by atoms with Crippen molar-refractivity contribution in [3.05, 3.63) is 53.1 Å². The number of likely N-dealkylation sites (tertiary alicyclic amines) is 1. The average molecular weight is 551 g/mol. The Bertz CT molecular complexity index is 1060. The molecule has 220 valence electrons. The molecular weight excluding hydrogens is 500 g/mol. The van der Waals surface area contributed by atoms with Crippen LogP contribution >= 0.6 is 0 Å². The van der Waals surface area contributed by atoms with Crippen LogP contribution in [0.1, 0.15) is 95.6 Å². The summed E-state index contributed by atoms with van der Waals surface area (Å²) in [6.45, 7) is 9.68. The molecule has 1 fully saturated rings. The average Bonchev–Trinajstić information content (AvgIpc) is 3.57. The highest BCUT2D eigenvalue weighted by atomic mass is 16.5. The van der Waals surface area contributed by atoms with Gasteiger partial charge in [0, 0.05) is 38.0 Å². The van der Waals surface area contributed by atoms with Crippen molar-refractivity contribution in [2.45, 2.75) is 96.9 Å². The molecule has 1 N–H and O–H groups in total. The lowest BCUT2D eigenvalue weighted by Crippen LogP contribution is -2.44. The van der Waals surface area contributed by atoms with Crippen LogP contribution < -0.4 is 4.74 Å². The van der Waals surface area contributed by atoms with Crippen LogP contribution in [0.2, 0.25) is 0 Å². The van der Waals surface area contributed by atoms with Crippen LogP contribution in [0, 0.1) is 11.8 Å². The summed E-state index contributed by atoms with van der Waals surface area (Å²) in [5, 5.41) is 10.6. The second kappa shape index (κ2) is 14.9. The van der Waals surface area contributed by atoms with Gasteiger partial charge in [0.15, 0.2) is 0 Å². The van der Waals surface area contributed by atoms with Gasteiger partial charge >= 0.3 is 5.97 Å². The molecule has 1 saturated heterocycles. The summed E-state index contributed by atoms with van der Waals surface area (Å²) in [5.74, 6) is 0.158. The molecule has 0 aromatic heterocycles. The number of hydrogen-bond acceptors (Lipinski definition) is 4. The molecule has 0 bridgehead atoms. The third-order valence-corrected chi connectivity index (χ3v) is 9.19. The lowest BCUT2D eigenvalue weighted by Gasteiger charge is -2.31. The van der Waals surface area contributed by atoms with Gasteiger partial charge in [-0.2, -0.15) is 0 Å². The summed E-state index contributed by atoms with van der Waals surface area (Å²) in [6, 6.07) is 6.04. The van der Waals surface area contributed by atoms with E-state index in [4.69, 9.17) is 4.74 Å². The van der Waals surface area contributed by atoms with E-state index in [-0.39, 0.29) is 17.9 Å². The van der Waals surface area contributed by atoms with Crippen LogP contribution in [0.15, 0.2) is 42.0 Å². The van der Waals surface area contributed by atoms with Crippen molar-refractivity contribution in [1.29, 1.82) is 0 Å². The normalized spacial score (nSPS) is 24.0. The summed E-state index contributed by atoms with van der Waals surface area (Å²) in [6.07, 6.45) is 16.6. The van der Waals surface area contributed by atoms with Gasteiger partial charge in [0.1, 0.15) is 5.75 Å². The van der Waals surface area contributed by atoms with Crippen molar-refractivity contribution in [2.75, 3.05) is 32.8 Å². The Morgan fingerprint density at radius 3 is 2.55 bits per heavy atom. The zero-order valence-corrected chi connectivity index (χ0v) is 24.9. The Hall–Kier alpha value is -2.60. The van der Waals surface area contributed by atoms with E-state index in [1.165, 1.54) is 11.1 Å². The van der Waals surface area contributed by atoms with Crippen LogP contribution in [-0.4, -0.2) is 65.6 Å². The van der Waals surface area contributed by atoms with Crippen molar-refractivity contribution in [3.8, 4) is 5.75 Å². The SMILES string of the molecule is CCCCN(CCCC)C(=O)CN1C[C@H](c2ccc3c(c2)CCO3)[C@@H](C(=O)O)C1CCC1=CC=CCC1CCC. The Morgan fingerprint density at radius 1 is 1.07 bits per heavy atom. The molecule has 1 aromatic rings. The Balaban J connectivity index is 1.59. The third-order valence-electron chi connectivity index (χ3n) is 9.19. The lowest BCUT2D eigenvalue weighted by atomic mass is 9.80. The second-order valence-corrected chi connectivity index (χ2v) is 12.0. The fourth-order valence-corrected chi connectivity index (χ4v) is 6.94. The monoisotopic (exact) mass is 550 g/mol. The number of fused-ring (bicyclic) bond motifs is 1. The van der Waals surface area contributed by atoms with Crippen molar-refractivity contribution >= 4 is 11.9 Å². The number of unbranched alkanes of at least 4 members (excludes halogenated alkanes) is 2. The molecule has 0 radical (unpaired) electrons. The molecule has 2 heterocycles. The predicted molar refractivity (Wildman–Crippen MR) is 161 cm³/mol. The number of nitrogens with zero attached hydrogens (tertiary/aromatic N) is 2. The molecule has 0 spiro atoms. The lowest BCUT2D eigenvalue weighted by molar-refractivity contribution is -0.143. The van der Waals surface area contributed by atoms with Crippen molar-refractivity contribution < 1.29 is 19.4 Å². The zero-order valence-electron chi connectivity index (χ0n) is 24.9. The fraction of sp³-hybridized carbons (Fsp3) is 0.647. The van der Waals surface area contributed by atoms with Crippen LogP contribution in [-0.2, 0) is 16.0 Å². The van der Waals surface area contributed by atoms with E-state index in [0.29, 0.717) is 25.6 Å². The number of rotatable bonds is 15. The minimum Gasteiger partial charge on any atom is -0.493 e. The highest BCUT2D eigenvalue weighted by Gasteiger charge is 2.47. The molecule has 40 heavy (non-hydrogen) atoms. The minimum atomic E-state index is -0.752. The molecule has 2 aliphatic heterocycles. The number of benzene rings is 1. The van der Waals surface area contributed by atoms with Gasteiger partial charge in [0.2, 0.25) is 5.91 Å². The molecule has 6 nitrogen and oxygen atoms in total. The molecule has 4 rings (SSSR count). The van der Waals surface area contributed by atoms with Crippen molar-refractivity contribution in [1.82, 2.24) is 9.80 Å². The molecule has 3 aliphatic rings. The fourth-order valence-electron chi connectivity index (χ4n) is 6.94. The number of carboxylic acid groups (broad SMARTS) is 1. The van der Waals surface area contributed by atoms with E-state index in [2.05, 4.69) is 50.0 Å². The maximum atomic E-state index is 13.7. The first-order valence-corrected chi connectivity index (χ1v) is 15.8. The first-order valence-electron chi connectivity index (χ1n) is 15.8. The highest BCUT2D eigenvalue weighted by Crippen LogP contribution is 2.42. The summed E-state index contributed by atoms with van der Waals surface area (Å²) >= 11 is 0. The molecule has 0 saturated carbocycles. The molecule has 6 heteroatoms. The van der Waals surface area contributed by atoms with Crippen molar-refractivity contribution in [2.24, 2.45) is 11.8 Å². The van der Waals surface area contributed by atoms with Gasteiger partial charge in [-0.3, -0.25) is 14.5 Å². The van der Waals surface area contributed by atoms with Crippen LogP contribution in [0.5, 0.6) is 5.75 Å². The standard InChI is InChI=1S/C34H50N2O4/c1-4-7-19-35(20-8-5-2)32(37)24-36-23-29(27-15-17-31-28(22-27)18-21-40-31)33(34(38)39)30(36)16-14-26-13-10-9-12-25(26)11-6-3/h9-10,13,15,17,22,25,29-30,33H,4-8,11-12,14,16,18-21,23-24H2,1-3H3,(H,38,39)/t25?,29-,30?,33-/m1/s1. The smallest absolute Gasteiger partial charge is 0.308 e. The van der Waals surface area contributed by atoms with Crippen LogP contribution in [0.25, 0.3) is 0 Å². The molecule has 1 amide bonds. The van der Waals surface area contributed by atoms with Gasteiger partial charge in [-0.25, -0.2) is 0 Å². The molecule has 2 unspecified atom stereocenters. The number of carbonyl (C=O) groups is 2. The van der Waals surface area contributed by atoms with Crippen LogP contribution in [0.4, 0.5) is 0 Å². The number of allylic oxidation sites excluding steroid dienone is 4. The molecule has 1 aliphatic carbocycles. The first-order chi connectivity index (χ1) is 19.5. The number of carboxylic acids is 1. The second-order valence-electron chi connectivity index (χ2n) is 12.0. The van der Waals surface area contributed by atoms with Gasteiger partial charge in [-0.15, -0.1) is 0 Å². The van der Waals surface area contributed by atoms with Gasteiger partial charge in [-0.1, -0.05) is 76.0 Å². The third kappa shape index (κ3) is 7.37. The van der Waals surface area contributed by atoms with Gasteiger partial charge in [0.05, 0.1) is 19.1 Å². The summed E-state index contributed by atoms with van der Waals surface area (Å²) in [7, 11) is 0. The minimum absolute atomic E-state index is 0.141. The van der Waals surface area contributed by atoms with E-state index in [1.54, 1.807) is 0 Å². The predicted octanol–water partition coefficient (Wildman–Crippen LogP) is 6.60. The molecular formula is C34H50N2O4. The molecule has 1 aromatic carbocycles. The summed E-state index contributed by atoms with van der Waals surface area (Å²) in [4.78, 5) is 30.8. The number of ether oxygens (including phenoxy) is 1. The van der Waals surface area contributed by atoms with E-state index in [9.17, 15) is 14.7 Å². The van der Waals surface area contributed by atoms with Gasteiger partial charge in [-0.05, 0) is 61.6 Å². The maximum Gasteiger partial charge on any atom is 0.308 e. The van der Waals surface area contributed by atoms with E-state index in [1.807, 2.05) is 17.0 Å². The maximum absolute atomic E-state index is 13.7. The van der Waals surface area contributed by atoms with Crippen molar-refractivity contribution in [3.63, 3.8) is 0 Å².